The molecular weight excluding hydrogens is 312 g/mol. The Morgan fingerprint density at radius 1 is 0.538 bits per heavy atom. The van der Waals surface area contributed by atoms with E-state index in [2.05, 4.69) is 39.5 Å². The van der Waals surface area contributed by atoms with Gasteiger partial charge in [-0.3, -0.25) is 0 Å². The van der Waals surface area contributed by atoms with E-state index < -0.39 is 0 Å². The first kappa shape index (κ1) is 25.6. The van der Waals surface area contributed by atoms with Gasteiger partial charge in [0.25, 0.3) is 0 Å². The third-order valence-electron chi connectivity index (χ3n) is 5.43. The second kappa shape index (κ2) is 20.9. The Balaban J connectivity index is 3.63. The number of rotatable bonds is 18. The maximum Gasteiger partial charge on any atom is 0.00886 e. The first-order valence-corrected chi connectivity index (χ1v) is 12.2. The second-order valence-electron chi connectivity index (χ2n) is 8.82. The molecular formula is C26H50. The lowest BCUT2D eigenvalue weighted by molar-refractivity contribution is 0.339. The van der Waals surface area contributed by atoms with Gasteiger partial charge in [0.1, 0.15) is 0 Å². The molecule has 0 aliphatic carbocycles. The molecule has 0 aliphatic rings. The lowest BCUT2D eigenvalue weighted by Crippen LogP contribution is -2.05. The summed E-state index contributed by atoms with van der Waals surface area (Å²) < 4.78 is 0. The number of hydrogen-bond donors (Lipinski definition) is 0. The quantitative estimate of drug-likeness (QED) is 0.168. The molecule has 0 heterocycles. The predicted molar refractivity (Wildman–Crippen MR) is 121 cm³/mol. The van der Waals surface area contributed by atoms with Gasteiger partial charge in [-0.2, -0.15) is 0 Å². The van der Waals surface area contributed by atoms with Crippen LogP contribution in [0, 0.1) is 23.7 Å². The van der Waals surface area contributed by atoms with E-state index in [9.17, 15) is 0 Å². The van der Waals surface area contributed by atoms with Gasteiger partial charge in [0.15, 0.2) is 0 Å². The molecule has 0 aromatic heterocycles. The highest BCUT2D eigenvalue weighted by Crippen LogP contribution is 2.25. The monoisotopic (exact) mass is 362 g/mol. The molecule has 0 nitrogen and oxygen atoms in total. The van der Waals surface area contributed by atoms with Crippen molar-refractivity contribution >= 4 is 0 Å². The molecule has 0 N–H and O–H groups in total. The van der Waals surface area contributed by atoms with E-state index in [1.165, 1.54) is 103 Å². The molecule has 0 aromatic carbocycles. The molecule has 0 bridgehead atoms. The molecule has 0 fully saturated rings. The Labute approximate surface area is 167 Å². The fourth-order valence-corrected chi connectivity index (χ4v) is 3.92. The molecule has 0 rings (SSSR count). The third-order valence-corrected chi connectivity index (χ3v) is 5.43. The van der Waals surface area contributed by atoms with Crippen LogP contribution in [0.3, 0.4) is 0 Å². The van der Waals surface area contributed by atoms with Gasteiger partial charge in [-0.05, 0) is 31.1 Å². The van der Waals surface area contributed by atoms with Crippen molar-refractivity contribution in [3.63, 3.8) is 0 Å². The first-order chi connectivity index (χ1) is 12.7. The Morgan fingerprint density at radius 3 is 1.58 bits per heavy atom. The average molecular weight is 363 g/mol. The van der Waals surface area contributed by atoms with Crippen LogP contribution >= 0.6 is 0 Å². The van der Waals surface area contributed by atoms with Crippen molar-refractivity contribution in [3.8, 4) is 11.8 Å². The summed E-state index contributed by atoms with van der Waals surface area (Å²) in [6.07, 6.45) is 24.9. The summed E-state index contributed by atoms with van der Waals surface area (Å²) in [6.45, 7) is 9.31. The van der Waals surface area contributed by atoms with Crippen LogP contribution in [0.2, 0.25) is 0 Å². The van der Waals surface area contributed by atoms with E-state index in [-0.39, 0.29) is 0 Å². The van der Waals surface area contributed by atoms with Crippen LogP contribution in [0.4, 0.5) is 0 Å². The molecule has 154 valence electrons. The summed E-state index contributed by atoms with van der Waals surface area (Å²) in [7, 11) is 0. The molecule has 26 heavy (non-hydrogen) atoms. The van der Waals surface area contributed by atoms with E-state index in [1.54, 1.807) is 0 Å². The SMILES string of the molecule is CCCC#CCCCCCCCC(CCCCCCCCC)CC(C)C. The highest BCUT2D eigenvalue weighted by molar-refractivity contribution is 4.98. The van der Waals surface area contributed by atoms with Gasteiger partial charge in [-0.25, -0.2) is 0 Å². The van der Waals surface area contributed by atoms with E-state index >= 15 is 0 Å². The van der Waals surface area contributed by atoms with E-state index in [4.69, 9.17) is 0 Å². The molecule has 0 saturated heterocycles. The molecule has 0 spiro atoms. The Hall–Kier alpha value is -0.440. The summed E-state index contributed by atoms with van der Waals surface area (Å²) in [6, 6.07) is 0. The van der Waals surface area contributed by atoms with Gasteiger partial charge in [0, 0.05) is 12.8 Å². The summed E-state index contributed by atoms with van der Waals surface area (Å²) in [5, 5.41) is 0. The maximum atomic E-state index is 3.31. The molecule has 0 aliphatic heterocycles. The summed E-state index contributed by atoms with van der Waals surface area (Å²) in [4.78, 5) is 0. The van der Waals surface area contributed by atoms with Crippen molar-refractivity contribution in [1.29, 1.82) is 0 Å². The fraction of sp³-hybridized carbons (Fsp3) is 0.923. The maximum absolute atomic E-state index is 3.31. The first-order valence-electron chi connectivity index (χ1n) is 12.2. The zero-order chi connectivity index (χ0) is 19.3. The number of hydrogen-bond acceptors (Lipinski definition) is 0. The van der Waals surface area contributed by atoms with Crippen LogP contribution in [0.25, 0.3) is 0 Å². The van der Waals surface area contributed by atoms with Crippen LogP contribution in [-0.2, 0) is 0 Å². The zero-order valence-corrected chi connectivity index (χ0v) is 18.9. The van der Waals surface area contributed by atoms with Crippen molar-refractivity contribution in [2.45, 2.75) is 143 Å². The molecule has 0 aromatic rings. The van der Waals surface area contributed by atoms with Crippen molar-refractivity contribution in [2.24, 2.45) is 11.8 Å². The van der Waals surface area contributed by atoms with Crippen LogP contribution < -0.4 is 0 Å². The lowest BCUT2D eigenvalue weighted by Gasteiger charge is -2.19. The van der Waals surface area contributed by atoms with Crippen LogP contribution in [0.15, 0.2) is 0 Å². The normalized spacial score (nSPS) is 12.2. The second-order valence-corrected chi connectivity index (χ2v) is 8.82. The van der Waals surface area contributed by atoms with Crippen LogP contribution in [0.1, 0.15) is 143 Å². The topological polar surface area (TPSA) is 0 Å². The minimum absolute atomic E-state index is 0.867. The minimum atomic E-state index is 0.867. The van der Waals surface area contributed by atoms with E-state index in [0.29, 0.717) is 0 Å². The summed E-state index contributed by atoms with van der Waals surface area (Å²) >= 11 is 0. The zero-order valence-electron chi connectivity index (χ0n) is 18.9. The minimum Gasteiger partial charge on any atom is -0.103 e. The Bertz CT molecular complexity index is 317. The van der Waals surface area contributed by atoms with Gasteiger partial charge in [0.05, 0.1) is 0 Å². The predicted octanol–water partition coefficient (Wildman–Crippen LogP) is 9.32. The third kappa shape index (κ3) is 19.9. The Kier molecular flexibility index (Phi) is 20.5. The van der Waals surface area contributed by atoms with Gasteiger partial charge < -0.3 is 0 Å². The van der Waals surface area contributed by atoms with E-state index in [1.807, 2.05) is 0 Å². The molecule has 0 heteroatoms. The molecule has 0 saturated carbocycles. The molecule has 0 radical (unpaired) electrons. The van der Waals surface area contributed by atoms with Crippen molar-refractivity contribution in [3.05, 3.63) is 0 Å². The Morgan fingerprint density at radius 2 is 1.04 bits per heavy atom. The van der Waals surface area contributed by atoms with Gasteiger partial charge in [-0.15, -0.1) is 11.8 Å². The van der Waals surface area contributed by atoms with E-state index in [0.717, 1.165) is 24.7 Å². The molecule has 1 atom stereocenters. The fourth-order valence-electron chi connectivity index (χ4n) is 3.92. The standard InChI is InChI=1S/C26H50/c1-5-7-9-11-13-14-15-17-19-21-23-26(24-25(3)4)22-20-18-16-12-10-8-6-2/h25-26H,5-8,10,12-24H2,1-4H3. The summed E-state index contributed by atoms with van der Waals surface area (Å²) in [5.74, 6) is 8.43. The van der Waals surface area contributed by atoms with Crippen molar-refractivity contribution in [2.75, 3.05) is 0 Å². The molecule has 1 unspecified atom stereocenters. The summed E-state index contributed by atoms with van der Waals surface area (Å²) in [5.41, 5.74) is 0. The van der Waals surface area contributed by atoms with Gasteiger partial charge in [-0.1, -0.05) is 111 Å². The largest absolute Gasteiger partial charge is 0.103 e. The number of unbranched alkanes of at least 4 members (excludes halogenated alkanes) is 12. The van der Waals surface area contributed by atoms with Gasteiger partial charge >= 0.3 is 0 Å². The van der Waals surface area contributed by atoms with Crippen LogP contribution in [-0.4, -0.2) is 0 Å². The average Bonchev–Trinajstić information content (AvgIpc) is 2.61. The smallest absolute Gasteiger partial charge is 0.00886 e. The highest BCUT2D eigenvalue weighted by Gasteiger charge is 2.10. The molecule has 0 amide bonds. The lowest BCUT2D eigenvalue weighted by atomic mass is 9.87. The van der Waals surface area contributed by atoms with Crippen molar-refractivity contribution in [1.82, 2.24) is 0 Å². The highest BCUT2D eigenvalue weighted by atomic mass is 14.2. The van der Waals surface area contributed by atoms with Gasteiger partial charge in [0.2, 0.25) is 0 Å². The van der Waals surface area contributed by atoms with Crippen molar-refractivity contribution < 1.29 is 0 Å². The van der Waals surface area contributed by atoms with Crippen LogP contribution in [0.5, 0.6) is 0 Å².